The van der Waals surface area contributed by atoms with Gasteiger partial charge >= 0.3 is 12.3 Å². The van der Waals surface area contributed by atoms with E-state index >= 15 is 0 Å². The van der Waals surface area contributed by atoms with Gasteiger partial charge in [-0.15, -0.1) is 10.2 Å². The van der Waals surface area contributed by atoms with E-state index in [-0.39, 0.29) is 18.9 Å². The van der Waals surface area contributed by atoms with Crippen molar-refractivity contribution >= 4 is 17.5 Å². The van der Waals surface area contributed by atoms with Crippen molar-refractivity contribution in [2.75, 3.05) is 18.4 Å². The van der Waals surface area contributed by atoms with Crippen LogP contribution in [0.3, 0.4) is 0 Å². The number of carboxylic acid groups (broad SMARTS) is 1. The minimum atomic E-state index is -4.42. The first-order chi connectivity index (χ1) is 14.7. The minimum absolute atomic E-state index is 0.0255. The van der Waals surface area contributed by atoms with Gasteiger partial charge in [0.25, 0.3) is 0 Å². The zero-order chi connectivity index (χ0) is 22.2. The van der Waals surface area contributed by atoms with Gasteiger partial charge < -0.3 is 20.4 Å². The van der Waals surface area contributed by atoms with Crippen LogP contribution in [0.5, 0.6) is 0 Å². The monoisotopic (exact) mass is 434 g/mol. The molecule has 1 fully saturated rings. The van der Waals surface area contributed by atoms with Gasteiger partial charge in [0, 0.05) is 16.9 Å². The van der Waals surface area contributed by atoms with Crippen LogP contribution in [0, 0.1) is 0 Å². The van der Waals surface area contributed by atoms with E-state index in [0.29, 0.717) is 16.9 Å². The minimum Gasteiger partial charge on any atom is -0.465 e. The molecule has 1 saturated heterocycles. The molecule has 3 aromatic rings. The Labute approximate surface area is 173 Å². The number of aliphatic hydroxyl groups is 1. The third-order valence-corrected chi connectivity index (χ3v) is 4.91. The van der Waals surface area contributed by atoms with Gasteiger partial charge in [0.1, 0.15) is 6.04 Å². The molecule has 2 atom stereocenters. The molecule has 4 rings (SSSR count). The highest BCUT2D eigenvalue weighted by Gasteiger charge is 2.37. The summed E-state index contributed by atoms with van der Waals surface area (Å²) < 4.78 is 38.3. The Morgan fingerprint density at radius 1 is 1.10 bits per heavy atom. The molecule has 0 saturated carbocycles. The number of amides is 1. The number of rotatable bonds is 4. The molecule has 0 spiro atoms. The molecule has 1 aromatic heterocycles. The van der Waals surface area contributed by atoms with Crippen LogP contribution < -0.4 is 5.32 Å². The highest BCUT2D eigenvalue weighted by atomic mass is 19.4. The number of anilines is 2. The SMILES string of the molecule is O=C(O)N1C[C@H](O)[C@@H](n2nnc(-c3ccccc3Nc3ccc(C(F)(F)F)cc3)n2)C1. The maximum Gasteiger partial charge on any atom is 0.416 e. The number of tetrazole rings is 1. The third kappa shape index (κ3) is 4.28. The predicted octanol–water partition coefficient (Wildman–Crippen LogP) is 3.00. The number of carbonyl (C=O) groups is 1. The molecule has 1 aliphatic heterocycles. The van der Waals surface area contributed by atoms with Crippen molar-refractivity contribution in [2.45, 2.75) is 18.3 Å². The van der Waals surface area contributed by atoms with E-state index in [2.05, 4.69) is 20.7 Å². The van der Waals surface area contributed by atoms with E-state index in [1.807, 2.05) is 0 Å². The standard InChI is InChI=1S/C19H17F3N6O3/c20-19(21,22)11-5-7-12(8-6-11)23-14-4-2-1-3-13(14)17-24-26-28(25-17)15-9-27(18(30)31)10-16(15)29/h1-8,15-16,23,29H,9-10H2,(H,30,31)/t15-,16-/m0/s1. The number of halogens is 3. The number of β-amino-alcohol motifs (C(OH)–C–C–N with tert-alkyl or cyclic N) is 1. The second kappa shape index (κ2) is 7.87. The number of likely N-dealkylation sites (tertiary alicyclic amines) is 1. The van der Waals surface area contributed by atoms with Gasteiger partial charge in [-0.25, -0.2) is 4.79 Å². The van der Waals surface area contributed by atoms with E-state index < -0.39 is 30.0 Å². The average molecular weight is 434 g/mol. The summed E-state index contributed by atoms with van der Waals surface area (Å²) >= 11 is 0. The number of hydrogen-bond acceptors (Lipinski definition) is 6. The summed E-state index contributed by atoms with van der Waals surface area (Å²) in [6.07, 6.45) is -6.54. The lowest BCUT2D eigenvalue weighted by Gasteiger charge is -2.12. The van der Waals surface area contributed by atoms with E-state index in [1.54, 1.807) is 24.3 Å². The Hall–Kier alpha value is -3.67. The van der Waals surface area contributed by atoms with Gasteiger partial charge in [0.15, 0.2) is 0 Å². The molecule has 3 N–H and O–H groups in total. The maximum atomic E-state index is 12.8. The van der Waals surface area contributed by atoms with Crippen molar-refractivity contribution in [3.05, 3.63) is 54.1 Å². The fourth-order valence-electron chi connectivity index (χ4n) is 3.31. The highest BCUT2D eigenvalue weighted by Crippen LogP contribution is 2.32. The zero-order valence-corrected chi connectivity index (χ0v) is 15.9. The van der Waals surface area contributed by atoms with Crippen LogP contribution in [-0.4, -0.2) is 60.6 Å². The smallest absolute Gasteiger partial charge is 0.416 e. The fraction of sp³-hybridized carbons (Fsp3) is 0.263. The predicted molar refractivity (Wildman–Crippen MR) is 103 cm³/mol. The Bertz CT molecular complexity index is 1090. The average Bonchev–Trinajstić information content (AvgIpc) is 3.35. The molecule has 2 heterocycles. The van der Waals surface area contributed by atoms with Crippen LogP contribution in [0.1, 0.15) is 11.6 Å². The first-order valence-electron chi connectivity index (χ1n) is 9.21. The van der Waals surface area contributed by atoms with Gasteiger partial charge in [0.05, 0.1) is 24.8 Å². The topological polar surface area (TPSA) is 116 Å². The summed E-state index contributed by atoms with van der Waals surface area (Å²) in [5.41, 5.74) is 0.773. The number of aliphatic hydroxyl groups excluding tert-OH is 1. The lowest BCUT2D eigenvalue weighted by atomic mass is 10.1. The Morgan fingerprint density at radius 3 is 2.45 bits per heavy atom. The molecular formula is C19H17F3N6O3. The molecule has 31 heavy (non-hydrogen) atoms. The molecule has 12 heteroatoms. The second-order valence-electron chi connectivity index (χ2n) is 7.00. The molecule has 0 radical (unpaired) electrons. The zero-order valence-electron chi connectivity index (χ0n) is 15.9. The Kier molecular flexibility index (Phi) is 5.23. The van der Waals surface area contributed by atoms with Gasteiger partial charge in [-0.2, -0.15) is 18.0 Å². The summed E-state index contributed by atoms with van der Waals surface area (Å²) in [6.45, 7) is -0.0271. The summed E-state index contributed by atoms with van der Waals surface area (Å²) in [4.78, 5) is 13.4. The van der Waals surface area contributed by atoms with Crippen LogP contribution in [0.4, 0.5) is 29.3 Å². The van der Waals surface area contributed by atoms with Crippen LogP contribution in [0.25, 0.3) is 11.4 Å². The van der Waals surface area contributed by atoms with Crippen molar-refractivity contribution in [3.63, 3.8) is 0 Å². The number of para-hydroxylation sites is 1. The molecule has 1 amide bonds. The number of nitrogens with zero attached hydrogens (tertiary/aromatic N) is 5. The number of benzene rings is 2. The fourth-order valence-corrected chi connectivity index (χ4v) is 3.31. The highest BCUT2D eigenvalue weighted by molar-refractivity contribution is 5.77. The quantitative estimate of drug-likeness (QED) is 0.578. The first kappa shape index (κ1) is 20.6. The number of alkyl halides is 3. The van der Waals surface area contributed by atoms with Crippen molar-refractivity contribution in [1.29, 1.82) is 0 Å². The summed E-state index contributed by atoms with van der Waals surface area (Å²) in [7, 11) is 0. The van der Waals surface area contributed by atoms with Crippen molar-refractivity contribution < 1.29 is 28.2 Å². The molecule has 0 unspecified atom stereocenters. The van der Waals surface area contributed by atoms with Crippen LogP contribution in [-0.2, 0) is 6.18 Å². The molecule has 162 valence electrons. The lowest BCUT2D eigenvalue weighted by molar-refractivity contribution is -0.137. The lowest BCUT2D eigenvalue weighted by Crippen LogP contribution is -2.27. The Morgan fingerprint density at radius 2 is 1.81 bits per heavy atom. The van der Waals surface area contributed by atoms with Crippen molar-refractivity contribution in [2.24, 2.45) is 0 Å². The van der Waals surface area contributed by atoms with Crippen LogP contribution in [0.15, 0.2) is 48.5 Å². The van der Waals surface area contributed by atoms with Gasteiger partial charge in [-0.1, -0.05) is 12.1 Å². The van der Waals surface area contributed by atoms with Gasteiger partial charge in [0.2, 0.25) is 5.82 Å². The molecule has 0 bridgehead atoms. The second-order valence-corrected chi connectivity index (χ2v) is 7.00. The van der Waals surface area contributed by atoms with E-state index in [1.165, 1.54) is 16.9 Å². The van der Waals surface area contributed by atoms with Crippen molar-refractivity contribution in [3.8, 4) is 11.4 Å². The summed E-state index contributed by atoms with van der Waals surface area (Å²) in [5.74, 6) is 0.219. The summed E-state index contributed by atoms with van der Waals surface area (Å²) in [6, 6.07) is 10.8. The molecule has 9 nitrogen and oxygen atoms in total. The number of nitrogens with one attached hydrogen (secondary N) is 1. The van der Waals surface area contributed by atoms with Crippen LogP contribution >= 0.6 is 0 Å². The summed E-state index contributed by atoms with van der Waals surface area (Å²) in [5, 5.41) is 34.5. The molecule has 1 aliphatic rings. The van der Waals surface area contributed by atoms with E-state index in [9.17, 15) is 23.1 Å². The molecule has 0 aliphatic carbocycles. The number of aromatic nitrogens is 4. The van der Waals surface area contributed by atoms with Crippen molar-refractivity contribution in [1.82, 2.24) is 25.1 Å². The molecular weight excluding hydrogens is 417 g/mol. The normalized spacial score (nSPS) is 18.9. The van der Waals surface area contributed by atoms with Crippen LogP contribution in [0.2, 0.25) is 0 Å². The van der Waals surface area contributed by atoms with Gasteiger partial charge in [-0.05, 0) is 41.6 Å². The number of hydrogen-bond donors (Lipinski definition) is 3. The first-order valence-corrected chi connectivity index (χ1v) is 9.21. The maximum absolute atomic E-state index is 12.8. The molecule has 2 aromatic carbocycles. The largest absolute Gasteiger partial charge is 0.465 e. The van der Waals surface area contributed by atoms with Gasteiger partial charge in [-0.3, -0.25) is 0 Å². The van der Waals surface area contributed by atoms with E-state index in [0.717, 1.165) is 17.0 Å². The Balaban J connectivity index is 1.56. The third-order valence-electron chi connectivity index (χ3n) is 4.91. The van der Waals surface area contributed by atoms with E-state index in [4.69, 9.17) is 5.11 Å².